The van der Waals surface area contributed by atoms with Crippen LogP contribution < -0.4 is 10.0 Å². The summed E-state index contributed by atoms with van der Waals surface area (Å²) in [6.07, 6.45) is 4.05. The molecule has 1 fully saturated rings. The molecule has 2 N–H and O–H groups in total. The van der Waals surface area contributed by atoms with Crippen LogP contribution in [0.3, 0.4) is 0 Å². The van der Waals surface area contributed by atoms with Gasteiger partial charge < -0.3 is 10.2 Å². The third-order valence-corrected chi connectivity index (χ3v) is 8.03. The summed E-state index contributed by atoms with van der Waals surface area (Å²) in [7, 11) is -3.94. The van der Waals surface area contributed by atoms with E-state index in [9.17, 15) is 18.0 Å². The van der Waals surface area contributed by atoms with Gasteiger partial charge in [0.05, 0.1) is 27.9 Å². The number of nitrogens with zero attached hydrogens (tertiary/aromatic N) is 2. The molecule has 4 rings (SSSR count). The van der Waals surface area contributed by atoms with Crippen molar-refractivity contribution in [1.82, 2.24) is 4.90 Å². The van der Waals surface area contributed by atoms with Crippen molar-refractivity contribution in [2.45, 2.75) is 40.7 Å². The van der Waals surface area contributed by atoms with Gasteiger partial charge in [0.2, 0.25) is 11.8 Å². The predicted molar refractivity (Wildman–Crippen MR) is 122 cm³/mol. The molecule has 2 amide bonds. The molecular formula is C22H22N4O4S2. The average Bonchev–Trinajstić information content (AvgIpc) is 3.07. The van der Waals surface area contributed by atoms with Crippen LogP contribution in [0, 0.1) is 11.3 Å². The number of carbonyl (C=O) groups excluding carboxylic acids is 2. The number of nitriles is 1. The zero-order valence-corrected chi connectivity index (χ0v) is 18.8. The van der Waals surface area contributed by atoms with E-state index in [0.29, 0.717) is 29.2 Å². The Morgan fingerprint density at radius 3 is 2.59 bits per heavy atom. The van der Waals surface area contributed by atoms with Crippen molar-refractivity contribution >= 4 is 45.0 Å². The van der Waals surface area contributed by atoms with Crippen molar-refractivity contribution < 1.29 is 18.0 Å². The van der Waals surface area contributed by atoms with Crippen molar-refractivity contribution in [2.24, 2.45) is 0 Å². The minimum Gasteiger partial charge on any atom is -0.341 e. The van der Waals surface area contributed by atoms with Crippen LogP contribution in [-0.2, 0) is 19.6 Å². The molecule has 0 saturated carbocycles. The number of fused-ring (bicyclic) bond motifs is 1. The molecule has 0 radical (unpaired) electrons. The number of carbonyl (C=O) groups is 2. The lowest BCUT2D eigenvalue weighted by molar-refractivity contribution is -0.133. The highest BCUT2D eigenvalue weighted by Gasteiger charge is 2.36. The van der Waals surface area contributed by atoms with Crippen molar-refractivity contribution in [3.05, 3.63) is 48.0 Å². The molecule has 2 heterocycles. The number of rotatable bonds is 4. The number of sulfonamides is 1. The van der Waals surface area contributed by atoms with Gasteiger partial charge in [-0.25, -0.2) is 8.42 Å². The van der Waals surface area contributed by atoms with E-state index in [1.807, 2.05) is 6.07 Å². The van der Waals surface area contributed by atoms with Gasteiger partial charge in [0.1, 0.15) is 0 Å². The molecule has 1 saturated heterocycles. The summed E-state index contributed by atoms with van der Waals surface area (Å²) in [5.41, 5.74) is 0.955. The SMILES string of the molecule is N#Cc1cccc(NS(=O)(=O)c2ccc3c(c2)NC(=O)[C@@H](C(=O)N2CCCCCC2)S3)c1. The molecule has 2 aromatic rings. The molecule has 0 unspecified atom stereocenters. The third-order valence-electron chi connectivity index (χ3n) is 5.39. The molecule has 32 heavy (non-hydrogen) atoms. The molecule has 2 aromatic carbocycles. The molecule has 166 valence electrons. The second-order valence-electron chi connectivity index (χ2n) is 7.68. The van der Waals surface area contributed by atoms with Gasteiger partial charge in [-0.3, -0.25) is 14.3 Å². The largest absolute Gasteiger partial charge is 0.341 e. The smallest absolute Gasteiger partial charge is 0.261 e. The van der Waals surface area contributed by atoms with E-state index >= 15 is 0 Å². The normalized spacial score (nSPS) is 18.7. The molecule has 8 nitrogen and oxygen atoms in total. The molecular weight excluding hydrogens is 448 g/mol. The van der Waals surface area contributed by atoms with Gasteiger partial charge in [0.25, 0.3) is 10.0 Å². The predicted octanol–water partition coefficient (Wildman–Crippen LogP) is 3.17. The van der Waals surface area contributed by atoms with Crippen LogP contribution in [0.4, 0.5) is 11.4 Å². The Kier molecular flexibility index (Phi) is 6.39. The van der Waals surface area contributed by atoms with E-state index in [-0.39, 0.29) is 16.5 Å². The summed E-state index contributed by atoms with van der Waals surface area (Å²) < 4.78 is 28.1. The highest BCUT2D eigenvalue weighted by Crippen LogP contribution is 2.38. The topological polar surface area (TPSA) is 119 Å². The number of likely N-dealkylation sites (tertiary alicyclic amines) is 1. The van der Waals surface area contributed by atoms with Gasteiger partial charge >= 0.3 is 0 Å². The summed E-state index contributed by atoms with van der Waals surface area (Å²) in [5.74, 6) is -0.642. The molecule has 2 aliphatic rings. The number of hydrogen-bond acceptors (Lipinski definition) is 6. The minimum atomic E-state index is -3.94. The maximum Gasteiger partial charge on any atom is 0.261 e. The molecule has 0 spiro atoms. The summed E-state index contributed by atoms with van der Waals surface area (Å²) in [5, 5.41) is 10.8. The van der Waals surface area contributed by atoms with Crippen LogP contribution in [0.25, 0.3) is 0 Å². The standard InChI is InChI=1S/C22H22N4O4S2/c23-14-15-6-5-7-16(12-15)25-32(29,30)17-8-9-19-18(13-17)24-21(27)20(31-19)22(28)26-10-3-1-2-4-11-26/h5-9,12-13,20,25H,1-4,10-11H2,(H,24,27)/t20-/m0/s1. The van der Waals surface area contributed by atoms with E-state index in [0.717, 1.165) is 37.4 Å². The van der Waals surface area contributed by atoms with E-state index < -0.39 is 21.2 Å². The van der Waals surface area contributed by atoms with E-state index in [2.05, 4.69) is 10.0 Å². The fourth-order valence-electron chi connectivity index (χ4n) is 3.74. The zero-order chi connectivity index (χ0) is 22.7. The number of nitrogens with one attached hydrogen (secondary N) is 2. The Hall–Kier alpha value is -3.03. The Labute approximate surface area is 191 Å². The monoisotopic (exact) mass is 470 g/mol. The minimum absolute atomic E-state index is 0.0307. The second kappa shape index (κ2) is 9.22. The molecule has 10 heteroatoms. The van der Waals surface area contributed by atoms with Crippen LogP contribution in [0.2, 0.25) is 0 Å². The fourth-order valence-corrected chi connectivity index (χ4v) is 5.87. The Balaban J connectivity index is 1.53. The Morgan fingerprint density at radius 1 is 1.12 bits per heavy atom. The maximum atomic E-state index is 12.9. The average molecular weight is 471 g/mol. The summed E-state index contributed by atoms with van der Waals surface area (Å²) in [6, 6.07) is 12.5. The molecule has 0 aliphatic carbocycles. The van der Waals surface area contributed by atoms with Crippen LogP contribution in [0.5, 0.6) is 0 Å². The first-order valence-corrected chi connectivity index (χ1v) is 12.7. The van der Waals surface area contributed by atoms with Crippen molar-refractivity contribution in [1.29, 1.82) is 5.26 Å². The lowest BCUT2D eigenvalue weighted by Crippen LogP contribution is -2.45. The van der Waals surface area contributed by atoms with E-state index in [1.165, 1.54) is 18.2 Å². The van der Waals surface area contributed by atoms with Crippen LogP contribution >= 0.6 is 11.8 Å². The van der Waals surface area contributed by atoms with Crippen molar-refractivity contribution in [3.8, 4) is 6.07 Å². The number of amides is 2. The number of hydrogen-bond donors (Lipinski definition) is 2. The van der Waals surface area contributed by atoms with E-state index in [4.69, 9.17) is 5.26 Å². The van der Waals surface area contributed by atoms with E-state index in [1.54, 1.807) is 29.2 Å². The van der Waals surface area contributed by atoms with Crippen LogP contribution in [0.1, 0.15) is 31.2 Å². The lowest BCUT2D eigenvalue weighted by Gasteiger charge is -2.28. The Bertz CT molecular complexity index is 1200. The maximum absolute atomic E-state index is 12.9. The Morgan fingerprint density at radius 2 is 1.88 bits per heavy atom. The molecule has 0 aromatic heterocycles. The summed E-state index contributed by atoms with van der Waals surface area (Å²) in [4.78, 5) is 28.0. The van der Waals surface area contributed by atoms with Crippen molar-refractivity contribution in [2.75, 3.05) is 23.1 Å². The van der Waals surface area contributed by atoms with Gasteiger partial charge in [0.15, 0.2) is 5.25 Å². The van der Waals surface area contributed by atoms with Gasteiger partial charge in [-0.1, -0.05) is 18.9 Å². The van der Waals surface area contributed by atoms with Gasteiger partial charge in [-0.2, -0.15) is 5.26 Å². The van der Waals surface area contributed by atoms with Crippen LogP contribution in [-0.4, -0.2) is 43.5 Å². The highest BCUT2D eigenvalue weighted by molar-refractivity contribution is 8.01. The summed E-state index contributed by atoms with van der Waals surface area (Å²) in [6.45, 7) is 1.32. The quantitative estimate of drug-likeness (QED) is 0.663. The number of thioether (sulfide) groups is 1. The third kappa shape index (κ3) is 4.74. The lowest BCUT2D eigenvalue weighted by atomic mass is 10.2. The first-order chi connectivity index (χ1) is 15.4. The zero-order valence-electron chi connectivity index (χ0n) is 17.2. The number of benzene rings is 2. The van der Waals surface area contributed by atoms with Gasteiger partial charge in [0, 0.05) is 18.0 Å². The van der Waals surface area contributed by atoms with Gasteiger partial charge in [-0.05, 0) is 49.2 Å². The second-order valence-corrected chi connectivity index (χ2v) is 10.5. The highest BCUT2D eigenvalue weighted by atomic mass is 32.2. The molecule has 2 aliphatic heterocycles. The van der Waals surface area contributed by atoms with Crippen molar-refractivity contribution in [3.63, 3.8) is 0 Å². The fraction of sp³-hybridized carbons (Fsp3) is 0.318. The molecule has 1 atom stereocenters. The summed E-state index contributed by atoms with van der Waals surface area (Å²) >= 11 is 1.15. The number of anilines is 2. The van der Waals surface area contributed by atoms with Gasteiger partial charge in [-0.15, -0.1) is 11.8 Å². The first kappa shape index (κ1) is 22.2. The first-order valence-electron chi connectivity index (χ1n) is 10.3. The molecule has 0 bridgehead atoms. The van der Waals surface area contributed by atoms with Crippen LogP contribution in [0.15, 0.2) is 52.3 Å².